The Morgan fingerprint density at radius 1 is 1.24 bits per heavy atom. The number of hydrogen-bond acceptors (Lipinski definition) is 5. The molecule has 1 aliphatic rings. The molecule has 2 aromatic rings. The fraction of sp³-hybridized carbons (Fsp3) is 0.500. The predicted octanol–water partition coefficient (Wildman–Crippen LogP) is 2.15. The smallest absolute Gasteiger partial charge is 0.309 e. The van der Waals surface area contributed by atoms with Crippen LogP contribution in [-0.2, 0) is 9.59 Å². The third-order valence-corrected chi connectivity index (χ3v) is 5.44. The molecule has 0 spiro atoms. The SMILES string of the molecule is CC(C)NC(=O)C(=O)NCC1CCN(c2nc3ccccc3s2)CC1. The summed E-state index contributed by atoms with van der Waals surface area (Å²) in [7, 11) is 0. The van der Waals surface area contributed by atoms with Crippen molar-refractivity contribution in [2.45, 2.75) is 32.7 Å². The number of fused-ring (bicyclic) bond motifs is 1. The number of para-hydroxylation sites is 1. The Balaban J connectivity index is 1.47. The number of thiazole rings is 1. The summed E-state index contributed by atoms with van der Waals surface area (Å²) in [5.41, 5.74) is 1.05. The molecule has 1 fully saturated rings. The highest BCUT2D eigenvalue weighted by atomic mass is 32.1. The first-order chi connectivity index (χ1) is 12.0. The normalized spacial score (nSPS) is 15.6. The van der Waals surface area contributed by atoms with Gasteiger partial charge < -0.3 is 15.5 Å². The number of benzene rings is 1. The molecule has 1 aromatic heterocycles. The van der Waals surface area contributed by atoms with Crippen LogP contribution in [0.15, 0.2) is 24.3 Å². The van der Waals surface area contributed by atoms with Gasteiger partial charge in [0.25, 0.3) is 0 Å². The summed E-state index contributed by atoms with van der Waals surface area (Å²) >= 11 is 1.72. The number of hydrogen-bond donors (Lipinski definition) is 2. The molecule has 0 saturated carbocycles. The van der Waals surface area contributed by atoms with E-state index in [1.807, 2.05) is 32.0 Å². The molecule has 25 heavy (non-hydrogen) atoms. The third-order valence-electron chi connectivity index (χ3n) is 4.34. The number of aromatic nitrogens is 1. The summed E-state index contributed by atoms with van der Waals surface area (Å²) < 4.78 is 1.21. The first-order valence-corrected chi connectivity index (χ1v) is 9.54. The highest BCUT2D eigenvalue weighted by molar-refractivity contribution is 7.22. The summed E-state index contributed by atoms with van der Waals surface area (Å²) in [4.78, 5) is 30.4. The second-order valence-electron chi connectivity index (χ2n) is 6.73. The quantitative estimate of drug-likeness (QED) is 0.820. The van der Waals surface area contributed by atoms with Crippen molar-refractivity contribution < 1.29 is 9.59 Å². The van der Waals surface area contributed by atoms with E-state index in [2.05, 4.69) is 21.6 Å². The van der Waals surface area contributed by atoms with Crippen molar-refractivity contribution in [2.24, 2.45) is 5.92 Å². The Hall–Kier alpha value is -2.15. The molecular formula is C18H24N4O2S. The second-order valence-corrected chi connectivity index (χ2v) is 7.74. The van der Waals surface area contributed by atoms with Gasteiger partial charge in [0.1, 0.15) is 0 Å². The van der Waals surface area contributed by atoms with Crippen LogP contribution in [0.4, 0.5) is 5.13 Å². The van der Waals surface area contributed by atoms with Gasteiger partial charge >= 0.3 is 11.8 Å². The van der Waals surface area contributed by atoms with Crippen LogP contribution in [0, 0.1) is 5.92 Å². The van der Waals surface area contributed by atoms with E-state index < -0.39 is 11.8 Å². The lowest BCUT2D eigenvalue weighted by atomic mass is 9.97. The van der Waals surface area contributed by atoms with Crippen molar-refractivity contribution in [2.75, 3.05) is 24.5 Å². The first kappa shape index (κ1) is 17.7. The molecule has 2 amide bonds. The zero-order valence-electron chi connectivity index (χ0n) is 14.6. The van der Waals surface area contributed by atoms with E-state index in [-0.39, 0.29) is 6.04 Å². The molecule has 0 aliphatic carbocycles. The molecule has 0 radical (unpaired) electrons. The largest absolute Gasteiger partial charge is 0.348 e. The molecule has 1 aliphatic heterocycles. The fourth-order valence-corrected chi connectivity index (χ4v) is 3.99. The van der Waals surface area contributed by atoms with Crippen molar-refractivity contribution in [3.05, 3.63) is 24.3 Å². The van der Waals surface area contributed by atoms with Crippen LogP contribution in [0.1, 0.15) is 26.7 Å². The van der Waals surface area contributed by atoms with Crippen molar-refractivity contribution in [3.8, 4) is 0 Å². The molecule has 6 nitrogen and oxygen atoms in total. The van der Waals surface area contributed by atoms with Gasteiger partial charge in [0.15, 0.2) is 5.13 Å². The van der Waals surface area contributed by atoms with E-state index >= 15 is 0 Å². The van der Waals surface area contributed by atoms with E-state index in [9.17, 15) is 9.59 Å². The van der Waals surface area contributed by atoms with Gasteiger partial charge in [0.05, 0.1) is 10.2 Å². The molecule has 1 aromatic carbocycles. The summed E-state index contributed by atoms with van der Waals surface area (Å²) in [5, 5.41) is 6.43. The predicted molar refractivity (Wildman–Crippen MR) is 101 cm³/mol. The Labute approximate surface area is 151 Å². The van der Waals surface area contributed by atoms with Crippen LogP contribution in [0.2, 0.25) is 0 Å². The molecular weight excluding hydrogens is 336 g/mol. The van der Waals surface area contributed by atoms with E-state index in [0.29, 0.717) is 12.5 Å². The third kappa shape index (κ3) is 4.48. The number of amides is 2. The van der Waals surface area contributed by atoms with Crippen molar-refractivity contribution >= 4 is 38.5 Å². The average molecular weight is 360 g/mol. The first-order valence-electron chi connectivity index (χ1n) is 8.72. The summed E-state index contributed by atoms with van der Waals surface area (Å²) in [6.45, 7) is 6.08. The van der Waals surface area contributed by atoms with Crippen molar-refractivity contribution in [1.82, 2.24) is 15.6 Å². The second kappa shape index (κ2) is 7.82. The number of carbonyl (C=O) groups is 2. The molecule has 1 saturated heterocycles. The van der Waals surface area contributed by atoms with Crippen LogP contribution in [0.25, 0.3) is 10.2 Å². The van der Waals surface area contributed by atoms with Gasteiger partial charge in [-0.3, -0.25) is 9.59 Å². The number of piperidine rings is 1. The Kier molecular flexibility index (Phi) is 5.53. The summed E-state index contributed by atoms with van der Waals surface area (Å²) in [5.74, 6) is -0.689. The van der Waals surface area contributed by atoms with Gasteiger partial charge in [-0.1, -0.05) is 23.5 Å². The monoisotopic (exact) mass is 360 g/mol. The standard InChI is InChI=1S/C18H24N4O2S/c1-12(2)20-17(24)16(23)19-11-13-7-9-22(10-8-13)18-21-14-5-3-4-6-15(14)25-18/h3-6,12-13H,7-11H2,1-2H3,(H,19,23)(H,20,24). The molecule has 0 bridgehead atoms. The highest BCUT2D eigenvalue weighted by Gasteiger charge is 2.23. The van der Waals surface area contributed by atoms with Crippen LogP contribution in [0.3, 0.4) is 0 Å². The minimum absolute atomic E-state index is 0.0321. The molecule has 2 N–H and O–H groups in total. The van der Waals surface area contributed by atoms with E-state index in [4.69, 9.17) is 4.98 Å². The van der Waals surface area contributed by atoms with Crippen LogP contribution in [-0.4, -0.2) is 42.5 Å². The lowest BCUT2D eigenvalue weighted by Gasteiger charge is -2.31. The molecule has 0 unspecified atom stereocenters. The molecule has 3 rings (SSSR count). The number of rotatable bonds is 4. The number of carbonyl (C=O) groups excluding carboxylic acids is 2. The van der Waals surface area contributed by atoms with Gasteiger partial charge in [-0.15, -0.1) is 0 Å². The van der Waals surface area contributed by atoms with Crippen molar-refractivity contribution in [1.29, 1.82) is 0 Å². The van der Waals surface area contributed by atoms with Crippen LogP contribution >= 0.6 is 11.3 Å². The average Bonchev–Trinajstić information content (AvgIpc) is 3.03. The van der Waals surface area contributed by atoms with Gasteiger partial charge in [0.2, 0.25) is 0 Å². The number of nitrogens with one attached hydrogen (secondary N) is 2. The van der Waals surface area contributed by atoms with Gasteiger partial charge in [-0.05, 0) is 44.7 Å². The van der Waals surface area contributed by atoms with Crippen LogP contribution < -0.4 is 15.5 Å². The highest BCUT2D eigenvalue weighted by Crippen LogP contribution is 2.31. The fourth-order valence-electron chi connectivity index (χ4n) is 2.97. The minimum atomic E-state index is -0.554. The lowest BCUT2D eigenvalue weighted by molar-refractivity contribution is -0.139. The Morgan fingerprint density at radius 3 is 2.64 bits per heavy atom. The Morgan fingerprint density at radius 2 is 1.96 bits per heavy atom. The zero-order valence-corrected chi connectivity index (χ0v) is 15.4. The van der Waals surface area contributed by atoms with E-state index in [1.54, 1.807) is 11.3 Å². The maximum Gasteiger partial charge on any atom is 0.309 e. The minimum Gasteiger partial charge on any atom is -0.348 e. The number of nitrogens with zero attached hydrogens (tertiary/aromatic N) is 2. The molecule has 2 heterocycles. The van der Waals surface area contributed by atoms with Crippen molar-refractivity contribution in [3.63, 3.8) is 0 Å². The van der Waals surface area contributed by atoms with Crippen LogP contribution in [0.5, 0.6) is 0 Å². The maximum absolute atomic E-state index is 11.8. The molecule has 7 heteroatoms. The molecule has 0 atom stereocenters. The van der Waals surface area contributed by atoms with E-state index in [0.717, 1.165) is 36.6 Å². The van der Waals surface area contributed by atoms with Gasteiger partial charge in [-0.2, -0.15) is 0 Å². The zero-order chi connectivity index (χ0) is 17.8. The lowest BCUT2D eigenvalue weighted by Crippen LogP contribution is -2.45. The summed E-state index contributed by atoms with van der Waals surface area (Å²) in [6.07, 6.45) is 1.98. The van der Waals surface area contributed by atoms with E-state index in [1.165, 1.54) is 4.70 Å². The summed E-state index contributed by atoms with van der Waals surface area (Å²) in [6, 6.07) is 8.15. The molecule has 134 valence electrons. The number of anilines is 1. The topological polar surface area (TPSA) is 74.3 Å². The maximum atomic E-state index is 11.8. The van der Waals surface area contributed by atoms with Gasteiger partial charge in [0, 0.05) is 25.7 Å². The Bertz CT molecular complexity index is 717. The van der Waals surface area contributed by atoms with Gasteiger partial charge in [-0.25, -0.2) is 4.98 Å².